The number of amides is 1. The molecule has 0 radical (unpaired) electrons. The summed E-state index contributed by atoms with van der Waals surface area (Å²) in [6.07, 6.45) is 2.25. The Morgan fingerprint density at radius 2 is 2.00 bits per heavy atom. The molecule has 1 atom stereocenters. The van der Waals surface area contributed by atoms with Gasteiger partial charge < -0.3 is 14.8 Å². The molecule has 1 heterocycles. The molecular formula is C20H20BrN3O3S. The van der Waals surface area contributed by atoms with Crippen molar-refractivity contribution in [2.24, 2.45) is 10.2 Å². The zero-order valence-corrected chi connectivity index (χ0v) is 17.9. The van der Waals surface area contributed by atoms with E-state index in [9.17, 15) is 4.79 Å². The van der Waals surface area contributed by atoms with Crippen molar-refractivity contribution in [2.45, 2.75) is 18.6 Å². The quantitative estimate of drug-likeness (QED) is 0.499. The number of ether oxygens (including phenoxy) is 2. The Morgan fingerprint density at radius 3 is 2.71 bits per heavy atom. The number of methoxy groups -OCH3 is 1. The Bertz CT molecular complexity index is 900. The number of benzene rings is 2. The van der Waals surface area contributed by atoms with Gasteiger partial charge in [-0.05, 0) is 54.8 Å². The number of thioether (sulfide) groups is 1. The highest BCUT2D eigenvalue weighted by molar-refractivity contribution is 9.10. The fourth-order valence-corrected chi connectivity index (χ4v) is 3.84. The first kappa shape index (κ1) is 20.4. The van der Waals surface area contributed by atoms with Gasteiger partial charge in [0, 0.05) is 4.47 Å². The maximum absolute atomic E-state index is 12.2. The average Bonchev–Trinajstić information content (AvgIpc) is 3.04. The van der Waals surface area contributed by atoms with Gasteiger partial charge in [-0.15, -0.1) is 5.10 Å². The number of carbonyl (C=O) groups is 1. The summed E-state index contributed by atoms with van der Waals surface area (Å²) in [5, 5.41) is 11.3. The van der Waals surface area contributed by atoms with Crippen molar-refractivity contribution in [2.75, 3.05) is 13.7 Å². The summed E-state index contributed by atoms with van der Waals surface area (Å²) in [4.78, 5) is 12.2. The smallest absolute Gasteiger partial charge is 0.239 e. The highest BCUT2D eigenvalue weighted by Gasteiger charge is 2.30. The number of nitrogens with one attached hydrogen (secondary N) is 1. The number of amidine groups is 1. The van der Waals surface area contributed by atoms with Crippen LogP contribution in [-0.2, 0) is 11.2 Å². The highest BCUT2D eigenvalue weighted by atomic mass is 79.9. The Labute approximate surface area is 176 Å². The Hall–Kier alpha value is -2.32. The average molecular weight is 462 g/mol. The van der Waals surface area contributed by atoms with Gasteiger partial charge in [-0.2, -0.15) is 5.10 Å². The van der Waals surface area contributed by atoms with Gasteiger partial charge >= 0.3 is 0 Å². The Kier molecular flexibility index (Phi) is 7.11. The molecule has 2 aromatic rings. The van der Waals surface area contributed by atoms with Crippen molar-refractivity contribution < 1.29 is 14.3 Å². The van der Waals surface area contributed by atoms with Crippen LogP contribution in [0.5, 0.6) is 11.5 Å². The minimum absolute atomic E-state index is 0.0513. The second kappa shape index (κ2) is 9.75. The first-order valence-corrected chi connectivity index (χ1v) is 10.4. The molecule has 0 aliphatic carbocycles. The minimum atomic E-state index is -0.208. The lowest BCUT2D eigenvalue weighted by atomic mass is 10.1. The first-order chi connectivity index (χ1) is 13.6. The van der Waals surface area contributed by atoms with Crippen LogP contribution in [0.25, 0.3) is 0 Å². The minimum Gasteiger partial charge on any atom is -0.493 e. The third kappa shape index (κ3) is 5.36. The van der Waals surface area contributed by atoms with Gasteiger partial charge in [0.05, 0.1) is 25.2 Å². The van der Waals surface area contributed by atoms with Crippen LogP contribution in [-0.4, -0.2) is 36.3 Å². The van der Waals surface area contributed by atoms with E-state index >= 15 is 0 Å². The molecule has 146 valence electrons. The van der Waals surface area contributed by atoms with Crippen molar-refractivity contribution in [1.82, 2.24) is 5.32 Å². The molecule has 1 amide bonds. The molecule has 2 aromatic carbocycles. The lowest BCUT2D eigenvalue weighted by Crippen LogP contribution is -2.25. The second-order valence-corrected chi connectivity index (χ2v) is 8.03. The molecule has 0 spiro atoms. The highest BCUT2D eigenvalue weighted by Crippen LogP contribution is 2.27. The monoisotopic (exact) mass is 461 g/mol. The predicted octanol–water partition coefficient (Wildman–Crippen LogP) is 4.02. The lowest BCUT2D eigenvalue weighted by molar-refractivity contribution is -0.118. The molecule has 1 saturated heterocycles. The van der Waals surface area contributed by atoms with E-state index in [0.717, 1.165) is 15.6 Å². The maximum Gasteiger partial charge on any atom is 0.239 e. The first-order valence-electron chi connectivity index (χ1n) is 8.73. The number of halogens is 1. The SMILES string of the molecule is CCOc1ccc(/C=N/N=C2\NC(=O)C(Cc3ccc(Br)cc3)S2)cc1OC. The van der Waals surface area contributed by atoms with Crippen LogP contribution < -0.4 is 14.8 Å². The topological polar surface area (TPSA) is 72.3 Å². The van der Waals surface area contributed by atoms with Crippen LogP contribution in [0, 0.1) is 0 Å². The van der Waals surface area contributed by atoms with E-state index in [1.165, 1.54) is 11.8 Å². The molecule has 0 aromatic heterocycles. The molecule has 28 heavy (non-hydrogen) atoms. The molecule has 8 heteroatoms. The van der Waals surface area contributed by atoms with E-state index in [1.807, 2.05) is 49.4 Å². The van der Waals surface area contributed by atoms with Gasteiger partial charge in [0.1, 0.15) is 0 Å². The standard InChI is InChI=1S/C20H20BrN3O3S/c1-3-27-16-9-6-14(10-17(16)26-2)12-22-24-20-23-19(25)18(28-20)11-13-4-7-15(21)8-5-13/h4-10,12,18H,3,11H2,1-2H3,(H,23,24,25)/b22-12+. The second-order valence-electron chi connectivity index (χ2n) is 5.92. The third-order valence-electron chi connectivity index (χ3n) is 3.95. The van der Waals surface area contributed by atoms with Crippen molar-refractivity contribution in [1.29, 1.82) is 0 Å². The van der Waals surface area contributed by atoms with Gasteiger partial charge in [0.25, 0.3) is 0 Å². The molecule has 1 fully saturated rings. The Balaban J connectivity index is 1.63. The zero-order chi connectivity index (χ0) is 19.9. The molecule has 0 saturated carbocycles. The number of nitrogens with zero attached hydrogens (tertiary/aromatic N) is 2. The molecule has 0 bridgehead atoms. The summed E-state index contributed by atoms with van der Waals surface area (Å²) in [5.74, 6) is 1.27. The molecule has 1 unspecified atom stereocenters. The van der Waals surface area contributed by atoms with Crippen LogP contribution in [0.1, 0.15) is 18.1 Å². The van der Waals surface area contributed by atoms with E-state index in [-0.39, 0.29) is 11.2 Å². The van der Waals surface area contributed by atoms with E-state index < -0.39 is 0 Å². The third-order valence-corrected chi connectivity index (χ3v) is 5.55. The summed E-state index contributed by atoms with van der Waals surface area (Å²) in [7, 11) is 1.59. The Morgan fingerprint density at radius 1 is 1.21 bits per heavy atom. The van der Waals surface area contributed by atoms with Gasteiger partial charge in [-0.25, -0.2) is 0 Å². The molecule has 3 rings (SSSR count). The van der Waals surface area contributed by atoms with E-state index in [0.29, 0.717) is 29.7 Å². The van der Waals surface area contributed by atoms with Gasteiger partial charge in [-0.3, -0.25) is 4.79 Å². The maximum atomic E-state index is 12.2. The number of hydrogen-bond donors (Lipinski definition) is 1. The van der Waals surface area contributed by atoms with Crippen LogP contribution in [0.2, 0.25) is 0 Å². The van der Waals surface area contributed by atoms with E-state index in [1.54, 1.807) is 13.3 Å². The van der Waals surface area contributed by atoms with E-state index in [4.69, 9.17) is 9.47 Å². The largest absolute Gasteiger partial charge is 0.493 e. The van der Waals surface area contributed by atoms with Crippen molar-refractivity contribution in [3.05, 3.63) is 58.1 Å². The number of hydrogen-bond acceptors (Lipinski definition) is 6. The van der Waals surface area contributed by atoms with Gasteiger partial charge in [0.2, 0.25) is 5.91 Å². The fraction of sp³-hybridized carbons (Fsp3) is 0.250. The van der Waals surface area contributed by atoms with Crippen LogP contribution in [0.15, 0.2) is 57.1 Å². The van der Waals surface area contributed by atoms with Crippen LogP contribution in [0.3, 0.4) is 0 Å². The summed E-state index contributed by atoms with van der Waals surface area (Å²) in [6, 6.07) is 13.5. The summed E-state index contributed by atoms with van der Waals surface area (Å²) in [6.45, 7) is 2.48. The van der Waals surface area contributed by atoms with Gasteiger partial charge in [0.15, 0.2) is 16.7 Å². The van der Waals surface area contributed by atoms with Crippen LogP contribution >= 0.6 is 27.7 Å². The molecule has 1 aliphatic heterocycles. The normalized spacial score (nSPS) is 17.9. The molecular weight excluding hydrogens is 442 g/mol. The molecule has 1 aliphatic rings. The van der Waals surface area contributed by atoms with E-state index in [2.05, 4.69) is 31.4 Å². The summed E-state index contributed by atoms with van der Waals surface area (Å²) < 4.78 is 11.8. The van der Waals surface area contributed by atoms with Crippen molar-refractivity contribution in [3.63, 3.8) is 0 Å². The molecule has 1 N–H and O–H groups in total. The summed E-state index contributed by atoms with van der Waals surface area (Å²) >= 11 is 4.80. The number of carbonyl (C=O) groups excluding carboxylic acids is 1. The van der Waals surface area contributed by atoms with Crippen LogP contribution in [0.4, 0.5) is 0 Å². The predicted molar refractivity (Wildman–Crippen MR) is 117 cm³/mol. The zero-order valence-electron chi connectivity index (χ0n) is 15.5. The lowest BCUT2D eigenvalue weighted by Gasteiger charge is -2.09. The van der Waals surface area contributed by atoms with Crippen molar-refractivity contribution in [3.8, 4) is 11.5 Å². The number of rotatable bonds is 7. The summed E-state index contributed by atoms with van der Waals surface area (Å²) in [5.41, 5.74) is 1.92. The van der Waals surface area contributed by atoms with Gasteiger partial charge in [-0.1, -0.05) is 39.8 Å². The molecule has 6 nitrogen and oxygen atoms in total. The fourth-order valence-electron chi connectivity index (χ4n) is 2.61. The van der Waals surface area contributed by atoms with Crippen molar-refractivity contribution >= 4 is 45.0 Å².